The molecule has 0 radical (unpaired) electrons. The Morgan fingerprint density at radius 3 is 3.04 bits per heavy atom. The highest BCUT2D eigenvalue weighted by molar-refractivity contribution is 7.11. The van der Waals surface area contributed by atoms with E-state index in [1.165, 1.54) is 30.6 Å². The topological polar surface area (TPSA) is 58.5 Å². The molecule has 126 valence electrons. The second kappa shape index (κ2) is 6.06. The third kappa shape index (κ3) is 2.56. The first-order valence-corrected chi connectivity index (χ1v) is 9.62. The predicted molar refractivity (Wildman–Crippen MR) is 92.7 cm³/mol. The van der Waals surface area contributed by atoms with Crippen LogP contribution in [0.15, 0.2) is 11.2 Å². The molecule has 1 aromatic heterocycles. The van der Waals surface area contributed by atoms with Crippen LogP contribution >= 0.6 is 11.3 Å². The van der Waals surface area contributed by atoms with Crippen molar-refractivity contribution >= 4 is 17.3 Å². The highest BCUT2D eigenvalue weighted by atomic mass is 32.1. The summed E-state index contributed by atoms with van der Waals surface area (Å²) in [6.45, 7) is 6.67. The number of aromatic nitrogens is 1. The van der Waals surface area contributed by atoms with Gasteiger partial charge >= 0.3 is 0 Å². The molecule has 4 rings (SSSR count). The summed E-state index contributed by atoms with van der Waals surface area (Å²) in [6.07, 6.45) is 7.56. The third-order valence-electron chi connectivity index (χ3n) is 5.71. The smallest absolute Gasteiger partial charge is 0.191 e. The summed E-state index contributed by atoms with van der Waals surface area (Å²) in [5, 5.41) is 8.21. The molecule has 1 spiro atoms. The molecule has 2 N–H and O–H groups in total. The third-order valence-corrected chi connectivity index (χ3v) is 6.61. The Bertz CT molecular complexity index is 595. The molecule has 3 fully saturated rings. The molecule has 2 saturated carbocycles. The standard InChI is InChI=1S/C17H26N4OS/c1-3-18-16(20-10-13-19-9-11(2)23-13)21-14-12-5-8-22-15(12)17(14)6-4-7-17/h9,12,14-15H,3-8,10H2,1-2H3,(H2,18,20,21). The quantitative estimate of drug-likeness (QED) is 0.656. The average molecular weight is 334 g/mol. The van der Waals surface area contributed by atoms with E-state index < -0.39 is 0 Å². The Balaban J connectivity index is 1.45. The van der Waals surface area contributed by atoms with Gasteiger partial charge in [-0.3, -0.25) is 0 Å². The molecule has 3 aliphatic rings. The summed E-state index contributed by atoms with van der Waals surface area (Å²) in [4.78, 5) is 10.4. The van der Waals surface area contributed by atoms with Crippen LogP contribution in [0, 0.1) is 18.3 Å². The maximum absolute atomic E-state index is 6.00. The van der Waals surface area contributed by atoms with Crippen LogP contribution in [0.25, 0.3) is 0 Å². The second-order valence-corrected chi connectivity index (χ2v) is 8.33. The van der Waals surface area contributed by atoms with E-state index in [1.54, 1.807) is 11.3 Å². The Morgan fingerprint density at radius 1 is 1.52 bits per heavy atom. The molecular weight excluding hydrogens is 308 g/mol. The first-order chi connectivity index (χ1) is 11.2. The van der Waals surface area contributed by atoms with Crippen molar-refractivity contribution in [3.8, 4) is 0 Å². The van der Waals surface area contributed by atoms with E-state index >= 15 is 0 Å². The minimum atomic E-state index is 0.384. The van der Waals surface area contributed by atoms with Crippen molar-refractivity contribution in [1.82, 2.24) is 15.6 Å². The number of aryl methyl sites for hydroxylation is 1. The summed E-state index contributed by atoms with van der Waals surface area (Å²) in [5.74, 6) is 1.60. The number of rotatable bonds is 4. The molecule has 6 heteroatoms. The number of guanidine groups is 1. The Kier molecular flexibility index (Phi) is 4.05. The first-order valence-electron chi connectivity index (χ1n) is 8.81. The van der Waals surface area contributed by atoms with Crippen molar-refractivity contribution in [2.24, 2.45) is 16.3 Å². The van der Waals surface area contributed by atoms with Gasteiger partial charge in [0.1, 0.15) is 5.01 Å². The van der Waals surface area contributed by atoms with Gasteiger partial charge in [-0.2, -0.15) is 0 Å². The van der Waals surface area contributed by atoms with E-state index in [-0.39, 0.29) is 0 Å². The van der Waals surface area contributed by atoms with Gasteiger partial charge in [0.25, 0.3) is 0 Å². The highest BCUT2D eigenvalue weighted by Crippen LogP contribution is 2.62. The molecule has 0 amide bonds. The van der Waals surface area contributed by atoms with Gasteiger partial charge in [-0.1, -0.05) is 6.42 Å². The van der Waals surface area contributed by atoms with Crippen molar-refractivity contribution in [2.75, 3.05) is 13.2 Å². The van der Waals surface area contributed by atoms with Crippen LogP contribution in [0.5, 0.6) is 0 Å². The fourth-order valence-corrected chi connectivity index (χ4v) is 5.26. The van der Waals surface area contributed by atoms with Gasteiger partial charge in [-0.15, -0.1) is 11.3 Å². The molecular formula is C17H26N4OS. The molecule has 1 aliphatic heterocycles. The maximum atomic E-state index is 6.00. The van der Waals surface area contributed by atoms with Crippen molar-refractivity contribution < 1.29 is 4.74 Å². The summed E-state index contributed by atoms with van der Waals surface area (Å²) < 4.78 is 6.00. The lowest BCUT2D eigenvalue weighted by Crippen LogP contribution is -2.72. The van der Waals surface area contributed by atoms with E-state index in [0.29, 0.717) is 30.0 Å². The van der Waals surface area contributed by atoms with Gasteiger partial charge in [0.05, 0.1) is 12.6 Å². The van der Waals surface area contributed by atoms with Gasteiger partial charge in [0.15, 0.2) is 5.96 Å². The van der Waals surface area contributed by atoms with Crippen LogP contribution in [0.4, 0.5) is 0 Å². The van der Waals surface area contributed by atoms with Gasteiger partial charge in [0.2, 0.25) is 0 Å². The minimum absolute atomic E-state index is 0.384. The number of nitrogens with zero attached hydrogens (tertiary/aromatic N) is 2. The monoisotopic (exact) mass is 334 g/mol. The van der Waals surface area contributed by atoms with Crippen molar-refractivity contribution in [3.63, 3.8) is 0 Å². The summed E-state index contributed by atoms with van der Waals surface area (Å²) >= 11 is 1.72. The Hall–Kier alpha value is -1.14. The predicted octanol–water partition coefficient (Wildman–Crippen LogP) is 2.46. The molecule has 3 unspecified atom stereocenters. The molecule has 23 heavy (non-hydrogen) atoms. The SMILES string of the molecule is CCNC(=NCc1ncc(C)s1)NC1C2CCOC2C12CCC2. The van der Waals surface area contributed by atoms with Crippen LogP contribution in [0.1, 0.15) is 42.5 Å². The fraction of sp³-hybridized carbons (Fsp3) is 0.765. The van der Waals surface area contributed by atoms with E-state index in [1.807, 2.05) is 6.20 Å². The van der Waals surface area contributed by atoms with E-state index in [9.17, 15) is 0 Å². The number of thiazole rings is 1. The lowest BCUT2D eigenvalue weighted by Gasteiger charge is -2.63. The van der Waals surface area contributed by atoms with Crippen LogP contribution in [-0.4, -0.2) is 36.2 Å². The number of hydrogen-bond donors (Lipinski definition) is 2. The van der Waals surface area contributed by atoms with Gasteiger partial charge in [0, 0.05) is 41.6 Å². The lowest BCUT2D eigenvalue weighted by atomic mass is 9.46. The van der Waals surface area contributed by atoms with Crippen molar-refractivity contribution in [2.45, 2.75) is 58.2 Å². The molecule has 5 nitrogen and oxygen atoms in total. The van der Waals surface area contributed by atoms with Crippen molar-refractivity contribution in [3.05, 3.63) is 16.1 Å². The van der Waals surface area contributed by atoms with Gasteiger partial charge in [-0.05, 0) is 33.1 Å². The Labute approximate surface area is 141 Å². The number of fused-ring (bicyclic) bond motifs is 2. The van der Waals surface area contributed by atoms with E-state index in [2.05, 4.69) is 29.5 Å². The minimum Gasteiger partial charge on any atom is -0.377 e. The molecule has 3 atom stereocenters. The van der Waals surface area contributed by atoms with E-state index in [4.69, 9.17) is 9.73 Å². The van der Waals surface area contributed by atoms with E-state index in [0.717, 1.165) is 24.1 Å². The van der Waals surface area contributed by atoms with Crippen LogP contribution in [0.3, 0.4) is 0 Å². The van der Waals surface area contributed by atoms with Crippen molar-refractivity contribution in [1.29, 1.82) is 0 Å². The molecule has 0 bridgehead atoms. The van der Waals surface area contributed by atoms with Gasteiger partial charge in [-0.25, -0.2) is 9.98 Å². The van der Waals surface area contributed by atoms with Crippen LogP contribution in [0.2, 0.25) is 0 Å². The van der Waals surface area contributed by atoms with Gasteiger partial charge < -0.3 is 15.4 Å². The number of aliphatic imine (C=N–C) groups is 1. The molecule has 0 aromatic carbocycles. The zero-order valence-corrected chi connectivity index (χ0v) is 14.8. The molecule has 1 aromatic rings. The molecule has 2 heterocycles. The zero-order valence-electron chi connectivity index (χ0n) is 14.0. The van der Waals surface area contributed by atoms with Crippen LogP contribution in [-0.2, 0) is 11.3 Å². The summed E-state index contributed by atoms with van der Waals surface area (Å²) in [5.41, 5.74) is 0.384. The number of hydrogen-bond acceptors (Lipinski definition) is 4. The zero-order chi connectivity index (χ0) is 15.9. The number of ether oxygens (including phenoxy) is 1. The highest BCUT2D eigenvalue weighted by Gasteiger charge is 2.66. The lowest BCUT2D eigenvalue weighted by molar-refractivity contribution is -0.171. The molecule has 2 aliphatic carbocycles. The summed E-state index contributed by atoms with van der Waals surface area (Å²) in [7, 11) is 0. The second-order valence-electron chi connectivity index (χ2n) is 7.01. The first kappa shape index (κ1) is 15.4. The fourth-order valence-electron chi connectivity index (χ4n) is 4.54. The number of nitrogens with one attached hydrogen (secondary N) is 2. The average Bonchev–Trinajstić information content (AvgIpc) is 3.08. The summed E-state index contributed by atoms with van der Waals surface area (Å²) in [6, 6.07) is 0.527. The Morgan fingerprint density at radius 2 is 2.39 bits per heavy atom. The maximum Gasteiger partial charge on any atom is 0.191 e. The normalized spacial score (nSPS) is 31.4. The largest absolute Gasteiger partial charge is 0.377 e. The van der Waals surface area contributed by atoms with Crippen LogP contribution < -0.4 is 10.6 Å². The molecule has 1 saturated heterocycles.